The number of halogens is 1. The molecule has 0 spiro atoms. The van der Waals surface area contributed by atoms with Gasteiger partial charge < -0.3 is 5.11 Å². The van der Waals surface area contributed by atoms with E-state index in [1.54, 1.807) is 54.4 Å². The number of hydrogen-bond acceptors (Lipinski definition) is 8. The van der Waals surface area contributed by atoms with Gasteiger partial charge in [-0.2, -0.15) is 4.31 Å². The number of aromatic nitrogens is 3. The Kier molecular flexibility index (Phi) is 6.32. The Bertz CT molecular complexity index is 1600. The Morgan fingerprint density at radius 2 is 1.81 bits per heavy atom. The van der Waals surface area contributed by atoms with Crippen LogP contribution in [0.4, 0.5) is 0 Å². The maximum absolute atomic E-state index is 13.6. The molecule has 0 saturated carbocycles. The van der Waals surface area contributed by atoms with Crippen molar-refractivity contribution in [2.45, 2.75) is 39.9 Å². The number of nitrogens with zero attached hydrogens (tertiary/aromatic N) is 4. The molecule has 2 aliphatic rings. The van der Waals surface area contributed by atoms with E-state index in [1.165, 1.54) is 4.31 Å². The molecule has 3 heterocycles. The Balaban J connectivity index is 1.25. The van der Waals surface area contributed by atoms with Crippen LogP contribution in [0.5, 0.6) is 0 Å². The fraction of sp³-hybridized carbons (Fsp3) is 0.269. The summed E-state index contributed by atoms with van der Waals surface area (Å²) >= 11 is 7.55. The number of thioether (sulfide) groups is 1. The normalized spacial score (nSPS) is 19.7. The summed E-state index contributed by atoms with van der Waals surface area (Å²) < 4.78 is 33.7. The molecule has 11 heteroatoms. The van der Waals surface area contributed by atoms with E-state index in [0.29, 0.717) is 10.5 Å². The van der Waals surface area contributed by atoms with Crippen molar-refractivity contribution in [2.75, 3.05) is 13.1 Å². The SMILES string of the molecule is O=S(=O)(c1ccc(SC2CC=Cc3cccnc32)c2nonc12)N1CCC(O)(c2ccc(Cl)cc2)CC1. The average molecular weight is 555 g/mol. The molecule has 1 unspecified atom stereocenters. The summed E-state index contributed by atoms with van der Waals surface area (Å²) in [5.41, 5.74) is 2.29. The fourth-order valence-electron chi connectivity index (χ4n) is 4.94. The molecule has 2 aromatic heterocycles. The van der Waals surface area contributed by atoms with Crippen molar-refractivity contribution in [3.05, 3.63) is 82.6 Å². The van der Waals surface area contributed by atoms with E-state index in [0.717, 1.165) is 28.1 Å². The number of fused-ring (bicyclic) bond motifs is 2. The number of piperidine rings is 1. The number of benzene rings is 2. The minimum Gasteiger partial charge on any atom is -0.385 e. The van der Waals surface area contributed by atoms with E-state index in [2.05, 4.69) is 27.4 Å². The van der Waals surface area contributed by atoms with Gasteiger partial charge in [0.15, 0.2) is 5.52 Å². The second-order valence-electron chi connectivity index (χ2n) is 9.19. The molecule has 8 nitrogen and oxygen atoms in total. The summed E-state index contributed by atoms with van der Waals surface area (Å²) in [5, 5.41) is 19.8. The summed E-state index contributed by atoms with van der Waals surface area (Å²) in [4.78, 5) is 5.39. The first-order valence-corrected chi connectivity index (χ1v) is 14.6. The van der Waals surface area contributed by atoms with Gasteiger partial charge in [-0.05, 0) is 71.0 Å². The molecule has 0 amide bonds. The lowest BCUT2D eigenvalue weighted by Crippen LogP contribution is -2.45. The van der Waals surface area contributed by atoms with E-state index in [9.17, 15) is 13.5 Å². The quantitative estimate of drug-likeness (QED) is 0.359. The molecule has 6 rings (SSSR count). The van der Waals surface area contributed by atoms with Crippen LogP contribution in [0.2, 0.25) is 5.02 Å². The highest BCUT2D eigenvalue weighted by Crippen LogP contribution is 2.44. The van der Waals surface area contributed by atoms with E-state index in [1.807, 2.05) is 12.1 Å². The molecule has 4 aromatic rings. The van der Waals surface area contributed by atoms with Gasteiger partial charge in [-0.25, -0.2) is 13.0 Å². The van der Waals surface area contributed by atoms with Gasteiger partial charge in [0.1, 0.15) is 10.4 Å². The Morgan fingerprint density at radius 3 is 2.59 bits per heavy atom. The molecule has 1 fully saturated rings. The Morgan fingerprint density at radius 1 is 1.05 bits per heavy atom. The fourth-order valence-corrected chi connectivity index (χ4v) is 7.84. The number of rotatable bonds is 5. The van der Waals surface area contributed by atoms with Gasteiger partial charge >= 0.3 is 0 Å². The van der Waals surface area contributed by atoms with Crippen molar-refractivity contribution in [2.24, 2.45) is 0 Å². The Hall–Kier alpha value is -2.76. The smallest absolute Gasteiger partial charge is 0.245 e. The number of hydrogen-bond donors (Lipinski definition) is 1. The summed E-state index contributed by atoms with van der Waals surface area (Å²) in [5.74, 6) is 0. The molecule has 2 aromatic carbocycles. The van der Waals surface area contributed by atoms with E-state index in [-0.39, 0.29) is 41.6 Å². The van der Waals surface area contributed by atoms with E-state index < -0.39 is 15.6 Å². The van der Waals surface area contributed by atoms with Gasteiger partial charge in [0.2, 0.25) is 10.0 Å². The van der Waals surface area contributed by atoms with Gasteiger partial charge in [0.05, 0.1) is 16.5 Å². The summed E-state index contributed by atoms with van der Waals surface area (Å²) in [6.07, 6.45) is 7.29. The van der Waals surface area contributed by atoms with E-state index in [4.69, 9.17) is 16.2 Å². The molecule has 1 aliphatic carbocycles. The lowest BCUT2D eigenvalue weighted by Gasteiger charge is -2.37. The highest BCUT2D eigenvalue weighted by molar-refractivity contribution is 7.99. The lowest BCUT2D eigenvalue weighted by molar-refractivity contribution is -0.00960. The molecule has 1 atom stereocenters. The van der Waals surface area contributed by atoms with Crippen molar-refractivity contribution in [1.29, 1.82) is 0 Å². The minimum atomic E-state index is -3.89. The molecule has 1 saturated heterocycles. The van der Waals surface area contributed by atoms with Crippen LogP contribution >= 0.6 is 23.4 Å². The van der Waals surface area contributed by atoms with E-state index >= 15 is 0 Å². The third-order valence-electron chi connectivity index (χ3n) is 6.98. The molecule has 37 heavy (non-hydrogen) atoms. The minimum absolute atomic E-state index is 0.0482. The van der Waals surface area contributed by atoms with Crippen LogP contribution in [0.1, 0.15) is 41.3 Å². The number of pyridine rings is 1. The van der Waals surface area contributed by atoms with Crippen LogP contribution < -0.4 is 0 Å². The number of allylic oxidation sites excluding steroid dienone is 1. The molecular formula is C26H23ClN4O4S2. The second kappa shape index (κ2) is 9.52. The third-order valence-corrected chi connectivity index (χ3v) is 10.4. The van der Waals surface area contributed by atoms with Gasteiger partial charge in [-0.15, -0.1) is 11.8 Å². The first-order chi connectivity index (χ1) is 17.8. The zero-order valence-electron chi connectivity index (χ0n) is 19.6. The van der Waals surface area contributed by atoms with Crippen LogP contribution in [0.3, 0.4) is 0 Å². The predicted octanol–water partition coefficient (Wildman–Crippen LogP) is 5.19. The zero-order chi connectivity index (χ0) is 25.6. The highest BCUT2D eigenvalue weighted by atomic mass is 35.5. The van der Waals surface area contributed by atoms with Crippen LogP contribution in [0.15, 0.2) is 75.2 Å². The first-order valence-electron chi connectivity index (χ1n) is 11.9. The average Bonchev–Trinajstić information content (AvgIpc) is 3.40. The third kappa shape index (κ3) is 4.46. The lowest BCUT2D eigenvalue weighted by atomic mass is 9.85. The Labute approximate surface area is 223 Å². The second-order valence-corrected chi connectivity index (χ2v) is 12.8. The number of sulfonamides is 1. The van der Waals surface area contributed by atoms with Crippen molar-refractivity contribution in [3.63, 3.8) is 0 Å². The summed E-state index contributed by atoms with van der Waals surface area (Å²) in [6.45, 7) is 0.337. The molecule has 1 N–H and O–H groups in total. The molecule has 0 bridgehead atoms. The van der Waals surface area contributed by atoms with Crippen LogP contribution in [0, 0.1) is 0 Å². The predicted molar refractivity (Wildman–Crippen MR) is 142 cm³/mol. The molecule has 190 valence electrons. The molecule has 0 radical (unpaired) electrons. The van der Waals surface area contributed by atoms with Crippen LogP contribution in [0.25, 0.3) is 17.1 Å². The maximum Gasteiger partial charge on any atom is 0.245 e. The van der Waals surface area contributed by atoms with Gasteiger partial charge in [-0.1, -0.05) is 42.0 Å². The van der Waals surface area contributed by atoms with Gasteiger partial charge in [-0.3, -0.25) is 4.98 Å². The van der Waals surface area contributed by atoms with Gasteiger partial charge in [0, 0.05) is 29.2 Å². The maximum atomic E-state index is 13.6. The monoisotopic (exact) mass is 554 g/mol. The van der Waals surface area contributed by atoms with Crippen molar-refractivity contribution in [3.8, 4) is 0 Å². The summed E-state index contributed by atoms with van der Waals surface area (Å²) in [7, 11) is -3.89. The van der Waals surface area contributed by atoms with Crippen molar-refractivity contribution >= 4 is 50.5 Å². The zero-order valence-corrected chi connectivity index (χ0v) is 22.0. The number of aliphatic hydroxyl groups is 1. The summed E-state index contributed by atoms with van der Waals surface area (Å²) in [6, 6.07) is 14.3. The standard InChI is InChI=1S/C26H23ClN4O4S2/c27-19-8-6-18(7-9-19)26(32)12-15-31(16-13-26)37(33,34)22-11-10-21(24-25(22)30-35-29-24)36-20-5-1-3-17-4-2-14-28-23(17)20/h1-4,6-11,14,20,32H,5,12-13,15-16H2. The van der Waals surface area contributed by atoms with Crippen LogP contribution in [-0.4, -0.2) is 46.2 Å². The highest BCUT2D eigenvalue weighted by Gasteiger charge is 2.39. The molecule has 1 aliphatic heterocycles. The molecular weight excluding hydrogens is 532 g/mol. The largest absolute Gasteiger partial charge is 0.385 e. The van der Waals surface area contributed by atoms with Crippen molar-refractivity contribution < 1.29 is 18.2 Å². The van der Waals surface area contributed by atoms with Gasteiger partial charge in [0.25, 0.3) is 0 Å². The topological polar surface area (TPSA) is 109 Å². The van der Waals surface area contributed by atoms with Crippen molar-refractivity contribution in [1.82, 2.24) is 19.6 Å². The first kappa shape index (κ1) is 24.6. The van der Waals surface area contributed by atoms with Crippen LogP contribution in [-0.2, 0) is 15.6 Å².